The molecule has 0 aliphatic heterocycles. The van der Waals surface area contributed by atoms with Crippen LogP contribution in [0.4, 0.5) is 0 Å². The van der Waals surface area contributed by atoms with Crippen molar-refractivity contribution in [1.82, 2.24) is 5.32 Å². The van der Waals surface area contributed by atoms with Crippen LogP contribution in [0.15, 0.2) is 21.8 Å². The average molecular weight is 369 g/mol. The summed E-state index contributed by atoms with van der Waals surface area (Å²) in [6.07, 6.45) is 0.997. The van der Waals surface area contributed by atoms with E-state index in [2.05, 4.69) is 17.2 Å². The van der Waals surface area contributed by atoms with Gasteiger partial charge in [-0.05, 0) is 35.7 Å². The largest absolute Gasteiger partial charge is 0.383 e. The molecule has 0 fully saturated rings. The number of hydrogen-bond acceptors (Lipinski definition) is 3. The Morgan fingerprint density at radius 2 is 2.35 bits per heavy atom. The molecule has 1 aromatic heterocycles. The Balaban J connectivity index is 0.00000256. The molecule has 0 aliphatic rings. The topological polar surface area (TPSA) is 70.6 Å². The number of rotatable bonds is 5. The van der Waals surface area contributed by atoms with Crippen LogP contribution in [0.25, 0.3) is 0 Å². The summed E-state index contributed by atoms with van der Waals surface area (Å²) in [7, 11) is 0. The van der Waals surface area contributed by atoms with Gasteiger partial charge in [0.2, 0.25) is 0 Å². The van der Waals surface area contributed by atoms with E-state index < -0.39 is 5.60 Å². The van der Waals surface area contributed by atoms with Crippen molar-refractivity contribution in [2.45, 2.75) is 25.9 Å². The molecule has 0 amide bonds. The zero-order valence-corrected chi connectivity index (χ0v) is 13.3. The lowest BCUT2D eigenvalue weighted by molar-refractivity contribution is 0.0678. The van der Waals surface area contributed by atoms with Gasteiger partial charge in [0.25, 0.3) is 0 Å². The van der Waals surface area contributed by atoms with Crippen LogP contribution in [0, 0.1) is 0 Å². The molecule has 0 spiro atoms. The van der Waals surface area contributed by atoms with Gasteiger partial charge >= 0.3 is 0 Å². The summed E-state index contributed by atoms with van der Waals surface area (Å²) in [6, 6.07) is 1.90. The summed E-state index contributed by atoms with van der Waals surface area (Å²) in [4.78, 5) is 4.13. The third kappa shape index (κ3) is 5.69. The predicted octanol–water partition coefficient (Wildman–Crippen LogP) is 1.89. The second-order valence-corrected chi connectivity index (χ2v) is 4.69. The van der Waals surface area contributed by atoms with Crippen LogP contribution in [-0.2, 0) is 5.60 Å². The number of aliphatic hydroxyl groups is 1. The first-order chi connectivity index (χ1) is 7.56. The summed E-state index contributed by atoms with van der Waals surface area (Å²) in [6.45, 7) is 4.87. The second-order valence-electron chi connectivity index (χ2n) is 3.91. The molecule has 0 bridgehead atoms. The van der Waals surface area contributed by atoms with E-state index in [0.29, 0.717) is 5.96 Å². The van der Waals surface area contributed by atoms with Gasteiger partial charge in [0.1, 0.15) is 5.60 Å². The van der Waals surface area contributed by atoms with Crippen LogP contribution in [-0.4, -0.2) is 24.2 Å². The fourth-order valence-electron chi connectivity index (χ4n) is 1.21. The van der Waals surface area contributed by atoms with Gasteiger partial charge in [0, 0.05) is 6.54 Å². The molecule has 0 aromatic carbocycles. The van der Waals surface area contributed by atoms with Gasteiger partial charge in [-0.2, -0.15) is 11.3 Å². The van der Waals surface area contributed by atoms with Crippen LogP contribution >= 0.6 is 35.3 Å². The van der Waals surface area contributed by atoms with Gasteiger partial charge in [-0.25, -0.2) is 0 Å². The highest BCUT2D eigenvalue weighted by molar-refractivity contribution is 14.0. The van der Waals surface area contributed by atoms with Gasteiger partial charge in [-0.3, -0.25) is 4.99 Å². The van der Waals surface area contributed by atoms with E-state index >= 15 is 0 Å². The molecule has 1 atom stereocenters. The Hall–Kier alpha value is -0.340. The third-order valence-electron chi connectivity index (χ3n) is 2.26. The maximum absolute atomic E-state index is 10.2. The lowest BCUT2D eigenvalue weighted by Gasteiger charge is -2.20. The molecule has 0 aliphatic carbocycles. The molecule has 0 saturated carbocycles. The van der Waals surface area contributed by atoms with Crippen molar-refractivity contribution in [1.29, 1.82) is 0 Å². The maximum atomic E-state index is 10.2. The van der Waals surface area contributed by atoms with Crippen molar-refractivity contribution in [2.24, 2.45) is 10.7 Å². The molecule has 17 heavy (non-hydrogen) atoms. The normalized spacial score (nSPS) is 14.9. The van der Waals surface area contributed by atoms with E-state index in [-0.39, 0.29) is 30.5 Å². The minimum Gasteiger partial charge on any atom is -0.383 e. The van der Waals surface area contributed by atoms with Crippen molar-refractivity contribution in [3.05, 3.63) is 22.4 Å². The monoisotopic (exact) mass is 369 g/mol. The second kappa shape index (κ2) is 7.88. The Labute approximate surface area is 123 Å². The number of halogens is 1. The molecule has 0 saturated heterocycles. The molecule has 1 aromatic rings. The molecule has 6 heteroatoms. The van der Waals surface area contributed by atoms with E-state index in [4.69, 9.17) is 5.73 Å². The average Bonchev–Trinajstić information content (AvgIpc) is 2.77. The van der Waals surface area contributed by atoms with E-state index in [1.54, 1.807) is 18.3 Å². The summed E-state index contributed by atoms with van der Waals surface area (Å²) in [5.41, 5.74) is 5.58. The fourth-order valence-corrected chi connectivity index (χ4v) is 1.99. The zero-order valence-electron chi connectivity index (χ0n) is 10.1. The highest BCUT2D eigenvalue weighted by Crippen LogP contribution is 2.22. The van der Waals surface area contributed by atoms with E-state index in [1.807, 2.05) is 16.8 Å². The Bertz CT molecular complexity index is 338. The van der Waals surface area contributed by atoms with Crippen molar-refractivity contribution in [2.75, 3.05) is 13.1 Å². The number of aliphatic imine (C=N–C) groups is 1. The first-order valence-electron chi connectivity index (χ1n) is 5.35. The van der Waals surface area contributed by atoms with E-state index in [1.165, 1.54) is 0 Å². The summed E-state index contributed by atoms with van der Waals surface area (Å²) in [5, 5.41) is 17.0. The molecule has 98 valence electrons. The van der Waals surface area contributed by atoms with Gasteiger partial charge in [-0.15, -0.1) is 24.0 Å². The maximum Gasteiger partial charge on any atom is 0.188 e. The Kier molecular flexibility index (Phi) is 7.73. The molecule has 4 nitrogen and oxygen atoms in total. The van der Waals surface area contributed by atoms with Crippen molar-refractivity contribution in [3.63, 3.8) is 0 Å². The van der Waals surface area contributed by atoms with Crippen LogP contribution in [0.1, 0.15) is 25.8 Å². The molecular weight excluding hydrogens is 349 g/mol. The number of hydrogen-bond donors (Lipinski definition) is 3. The summed E-state index contributed by atoms with van der Waals surface area (Å²) in [5.74, 6) is 0.386. The van der Waals surface area contributed by atoms with Crippen LogP contribution in [0.2, 0.25) is 0 Å². The quantitative estimate of drug-likeness (QED) is 0.422. The third-order valence-corrected chi connectivity index (χ3v) is 2.94. The van der Waals surface area contributed by atoms with Crippen molar-refractivity contribution in [3.8, 4) is 0 Å². The summed E-state index contributed by atoms with van der Waals surface area (Å²) >= 11 is 1.56. The molecule has 1 rings (SSSR count). The lowest BCUT2D eigenvalue weighted by Crippen LogP contribution is -2.34. The Morgan fingerprint density at radius 3 is 2.88 bits per heavy atom. The number of nitrogens with zero attached hydrogens (tertiary/aromatic N) is 1. The first kappa shape index (κ1) is 16.7. The molecule has 1 heterocycles. The smallest absolute Gasteiger partial charge is 0.188 e. The Morgan fingerprint density at radius 1 is 1.65 bits per heavy atom. The minimum atomic E-state index is -0.946. The van der Waals surface area contributed by atoms with E-state index in [0.717, 1.165) is 18.5 Å². The number of nitrogens with two attached hydrogens (primary N) is 1. The number of thiophene rings is 1. The lowest BCUT2D eigenvalue weighted by atomic mass is 10.00. The predicted molar refractivity (Wildman–Crippen MR) is 84.1 cm³/mol. The standard InChI is InChI=1S/C11H19N3OS.HI/c1-3-5-13-10(12)14-8-11(2,15)9-4-6-16-7-9;/h4,6-7,15H,3,5,8H2,1-2H3,(H3,12,13,14);1H. The molecule has 1 unspecified atom stereocenters. The molecule has 0 radical (unpaired) electrons. The van der Waals surface area contributed by atoms with Gasteiger partial charge in [0.05, 0.1) is 6.54 Å². The highest BCUT2D eigenvalue weighted by Gasteiger charge is 2.22. The van der Waals surface area contributed by atoms with Gasteiger partial charge in [-0.1, -0.05) is 6.92 Å². The minimum absolute atomic E-state index is 0. The fraction of sp³-hybridized carbons (Fsp3) is 0.545. The van der Waals surface area contributed by atoms with Gasteiger partial charge < -0.3 is 16.2 Å². The molecule has 4 N–H and O–H groups in total. The summed E-state index contributed by atoms with van der Waals surface area (Å²) < 4.78 is 0. The van der Waals surface area contributed by atoms with Crippen LogP contribution < -0.4 is 11.1 Å². The number of nitrogens with one attached hydrogen (secondary N) is 1. The van der Waals surface area contributed by atoms with E-state index in [9.17, 15) is 5.11 Å². The zero-order chi connectivity index (χ0) is 12.0. The van der Waals surface area contributed by atoms with Crippen molar-refractivity contribution >= 4 is 41.3 Å². The first-order valence-corrected chi connectivity index (χ1v) is 6.29. The van der Waals surface area contributed by atoms with Crippen molar-refractivity contribution < 1.29 is 5.11 Å². The van der Waals surface area contributed by atoms with Crippen LogP contribution in [0.5, 0.6) is 0 Å². The van der Waals surface area contributed by atoms with Gasteiger partial charge in [0.15, 0.2) is 5.96 Å². The molecular formula is C11H20IN3OS. The number of guanidine groups is 1. The SMILES string of the molecule is CCCNC(N)=NCC(C)(O)c1ccsc1.I. The highest BCUT2D eigenvalue weighted by atomic mass is 127. The van der Waals surface area contributed by atoms with Crippen LogP contribution in [0.3, 0.4) is 0 Å².